The molecule has 3 aromatic carbocycles. The first-order chi connectivity index (χ1) is 16.0. The summed E-state index contributed by atoms with van der Waals surface area (Å²) in [6.07, 6.45) is 0. The van der Waals surface area contributed by atoms with E-state index in [0.717, 1.165) is 11.4 Å². The van der Waals surface area contributed by atoms with Crippen molar-refractivity contribution in [3.05, 3.63) is 83.4 Å². The number of anilines is 2. The fourth-order valence-electron chi connectivity index (χ4n) is 3.73. The number of hydrogen-bond acceptors (Lipinski definition) is 5. The third-order valence-corrected chi connectivity index (χ3v) is 5.48. The van der Waals surface area contributed by atoms with E-state index in [4.69, 9.17) is 32.0 Å². The van der Waals surface area contributed by atoms with Crippen molar-refractivity contribution in [3.63, 3.8) is 0 Å². The third kappa shape index (κ3) is 3.83. The summed E-state index contributed by atoms with van der Waals surface area (Å²) in [7, 11) is 0. The van der Waals surface area contributed by atoms with Crippen LogP contribution in [0.15, 0.2) is 72.8 Å². The quantitative estimate of drug-likeness (QED) is 0.365. The van der Waals surface area contributed by atoms with Gasteiger partial charge in [0.15, 0.2) is 5.65 Å². The number of nitrogen functional groups attached to an aromatic ring is 1. The number of hydrogen-bond donors (Lipinski definition) is 2. The lowest BCUT2D eigenvalue weighted by Crippen LogP contribution is -2.14. The molecule has 0 fully saturated rings. The van der Waals surface area contributed by atoms with Crippen molar-refractivity contribution >= 4 is 51.2 Å². The maximum absolute atomic E-state index is 13.4. The second kappa shape index (κ2) is 8.44. The summed E-state index contributed by atoms with van der Waals surface area (Å²) in [5.74, 6) is 0.594. The second-order valence-corrected chi connectivity index (χ2v) is 7.80. The lowest BCUT2D eigenvalue weighted by molar-refractivity contribution is 0.102. The van der Waals surface area contributed by atoms with Crippen LogP contribution < -0.4 is 15.8 Å². The predicted molar refractivity (Wildman–Crippen MR) is 131 cm³/mol. The number of carbonyl (C=O) groups excluding carboxylic acids is 1. The van der Waals surface area contributed by atoms with Gasteiger partial charge in [0.2, 0.25) is 0 Å². The zero-order valence-electron chi connectivity index (χ0n) is 17.7. The number of nitrogens with one attached hydrogen (secondary N) is 1. The van der Waals surface area contributed by atoms with Crippen LogP contribution in [0.25, 0.3) is 27.9 Å². The van der Waals surface area contributed by atoms with Gasteiger partial charge >= 0.3 is 0 Å². The summed E-state index contributed by atoms with van der Waals surface area (Å²) in [5, 5.41) is 3.50. The van der Waals surface area contributed by atoms with Crippen LogP contribution in [0.4, 0.5) is 11.5 Å². The summed E-state index contributed by atoms with van der Waals surface area (Å²) in [6, 6.07) is 21.8. The molecule has 33 heavy (non-hydrogen) atoms. The van der Waals surface area contributed by atoms with Gasteiger partial charge in [0, 0.05) is 16.4 Å². The zero-order chi connectivity index (χ0) is 22.9. The Morgan fingerprint density at radius 1 is 1.00 bits per heavy atom. The minimum atomic E-state index is -0.376. The van der Waals surface area contributed by atoms with Gasteiger partial charge in [0.05, 0.1) is 17.6 Å². The Labute approximate surface area is 194 Å². The lowest BCUT2D eigenvalue weighted by Gasteiger charge is -2.09. The molecule has 3 N–H and O–H groups in total. The number of amides is 1. The predicted octanol–water partition coefficient (Wildman–Crippen LogP) is 5.46. The summed E-state index contributed by atoms with van der Waals surface area (Å²) in [5.41, 5.74) is 10.4. The Kier molecular flexibility index (Phi) is 5.32. The number of ether oxygens (including phenoxy) is 1. The van der Waals surface area contributed by atoms with Gasteiger partial charge in [0.25, 0.3) is 5.91 Å². The Morgan fingerprint density at radius 3 is 2.33 bits per heavy atom. The van der Waals surface area contributed by atoms with Crippen molar-refractivity contribution in [3.8, 4) is 11.4 Å². The largest absolute Gasteiger partial charge is 0.494 e. The average molecular weight is 458 g/mol. The number of fused-ring (bicyclic) bond motifs is 2. The maximum atomic E-state index is 13.4. The number of carbonyl (C=O) groups is 1. The molecule has 0 radical (unpaired) electrons. The normalized spacial score (nSPS) is 11.1. The molecule has 2 aromatic heterocycles. The van der Waals surface area contributed by atoms with Crippen molar-refractivity contribution in [1.29, 1.82) is 0 Å². The molecule has 0 saturated carbocycles. The van der Waals surface area contributed by atoms with Gasteiger partial charge in [-0.3, -0.25) is 9.36 Å². The van der Waals surface area contributed by atoms with Gasteiger partial charge in [-0.2, -0.15) is 0 Å². The number of halogens is 1. The van der Waals surface area contributed by atoms with Crippen LogP contribution in [0.1, 0.15) is 17.3 Å². The highest BCUT2D eigenvalue weighted by molar-refractivity contribution is 6.30. The van der Waals surface area contributed by atoms with E-state index in [1.165, 1.54) is 0 Å². The fraction of sp³-hybridized carbons (Fsp3) is 0.0800. The molecule has 0 aliphatic carbocycles. The van der Waals surface area contributed by atoms with Crippen LogP contribution in [-0.2, 0) is 0 Å². The highest BCUT2D eigenvalue weighted by atomic mass is 35.5. The van der Waals surface area contributed by atoms with E-state index in [9.17, 15) is 4.79 Å². The number of rotatable bonds is 5. The molecule has 0 unspecified atom stereocenters. The first-order valence-corrected chi connectivity index (χ1v) is 10.8. The van der Waals surface area contributed by atoms with Crippen molar-refractivity contribution < 1.29 is 9.53 Å². The average Bonchev–Trinajstić information content (AvgIpc) is 3.10. The Bertz CT molecular complexity index is 1480. The molecule has 0 aliphatic heterocycles. The monoisotopic (exact) mass is 457 g/mol. The van der Waals surface area contributed by atoms with Crippen LogP contribution >= 0.6 is 11.6 Å². The molecule has 164 valence electrons. The molecule has 0 bridgehead atoms. The molecular weight excluding hydrogens is 438 g/mol. The van der Waals surface area contributed by atoms with Gasteiger partial charge in [0.1, 0.15) is 22.6 Å². The van der Waals surface area contributed by atoms with Crippen LogP contribution in [0, 0.1) is 0 Å². The van der Waals surface area contributed by atoms with Crippen LogP contribution in [0.3, 0.4) is 0 Å². The molecule has 7 nitrogen and oxygen atoms in total. The zero-order valence-corrected chi connectivity index (χ0v) is 18.5. The highest BCUT2D eigenvalue weighted by Crippen LogP contribution is 2.32. The Balaban J connectivity index is 1.65. The second-order valence-electron chi connectivity index (χ2n) is 7.37. The van der Waals surface area contributed by atoms with Gasteiger partial charge in [-0.05, 0) is 67.6 Å². The molecule has 0 aliphatic rings. The molecular formula is C25H20ClN5O2. The lowest BCUT2D eigenvalue weighted by atomic mass is 10.2. The number of para-hydroxylation sites is 2. The standard InChI is InChI=1S/C25H20ClN5O2/c1-2-33-18-13-9-16(10-14-18)28-25(32)21-22-24(30-20-6-4-3-5-19(20)29-22)31(23(21)27)17-11-7-15(26)8-12-17/h3-14H,2,27H2,1H3,(H,28,32). The first-order valence-electron chi connectivity index (χ1n) is 10.4. The van der Waals surface area contributed by atoms with E-state index in [0.29, 0.717) is 39.5 Å². The van der Waals surface area contributed by atoms with Crippen LogP contribution in [0.5, 0.6) is 5.75 Å². The van der Waals surface area contributed by atoms with Gasteiger partial charge < -0.3 is 15.8 Å². The molecule has 2 heterocycles. The Morgan fingerprint density at radius 2 is 1.67 bits per heavy atom. The van der Waals surface area contributed by atoms with E-state index >= 15 is 0 Å². The first kappa shape index (κ1) is 20.8. The van der Waals surface area contributed by atoms with Crippen molar-refractivity contribution in [1.82, 2.24) is 14.5 Å². The van der Waals surface area contributed by atoms with E-state index < -0.39 is 0 Å². The third-order valence-electron chi connectivity index (χ3n) is 5.23. The van der Waals surface area contributed by atoms with Gasteiger partial charge in [-0.1, -0.05) is 23.7 Å². The number of benzene rings is 3. The molecule has 0 atom stereocenters. The van der Waals surface area contributed by atoms with Gasteiger partial charge in [-0.25, -0.2) is 9.97 Å². The highest BCUT2D eigenvalue weighted by Gasteiger charge is 2.25. The molecule has 5 rings (SSSR count). The van der Waals surface area contributed by atoms with E-state index in [2.05, 4.69) is 5.32 Å². The topological polar surface area (TPSA) is 95.1 Å². The molecule has 0 saturated heterocycles. The number of nitrogens with zero attached hydrogens (tertiary/aromatic N) is 3. The minimum absolute atomic E-state index is 0.242. The van der Waals surface area contributed by atoms with E-state index in [-0.39, 0.29) is 17.3 Å². The fourth-order valence-corrected chi connectivity index (χ4v) is 3.86. The van der Waals surface area contributed by atoms with E-state index in [1.807, 2.05) is 43.3 Å². The molecule has 5 aromatic rings. The van der Waals surface area contributed by atoms with E-state index in [1.54, 1.807) is 41.0 Å². The van der Waals surface area contributed by atoms with Crippen molar-refractivity contribution in [2.75, 3.05) is 17.7 Å². The Hall–Kier alpha value is -4.10. The number of aromatic nitrogens is 3. The van der Waals surface area contributed by atoms with Crippen molar-refractivity contribution in [2.45, 2.75) is 6.92 Å². The minimum Gasteiger partial charge on any atom is -0.494 e. The maximum Gasteiger partial charge on any atom is 0.261 e. The van der Waals surface area contributed by atoms with Crippen LogP contribution in [-0.4, -0.2) is 27.0 Å². The SMILES string of the molecule is CCOc1ccc(NC(=O)c2c(N)n(-c3ccc(Cl)cc3)c3nc4ccccc4nc23)cc1. The molecule has 0 spiro atoms. The molecule has 1 amide bonds. The summed E-state index contributed by atoms with van der Waals surface area (Å²) in [4.78, 5) is 22.9. The summed E-state index contributed by atoms with van der Waals surface area (Å²) < 4.78 is 7.19. The smallest absolute Gasteiger partial charge is 0.261 e. The molecule has 8 heteroatoms. The van der Waals surface area contributed by atoms with Crippen molar-refractivity contribution in [2.24, 2.45) is 0 Å². The summed E-state index contributed by atoms with van der Waals surface area (Å²) in [6.45, 7) is 2.48. The number of nitrogens with two attached hydrogens (primary N) is 1. The van der Waals surface area contributed by atoms with Crippen LogP contribution in [0.2, 0.25) is 5.02 Å². The summed E-state index contributed by atoms with van der Waals surface area (Å²) >= 11 is 6.07. The van der Waals surface area contributed by atoms with Gasteiger partial charge in [-0.15, -0.1) is 0 Å².